The predicted octanol–water partition coefficient (Wildman–Crippen LogP) is 2.86. The third-order valence-electron chi connectivity index (χ3n) is 4.78. The minimum Gasteiger partial charge on any atom is -0.338 e. The Bertz CT molecular complexity index is 758. The van der Waals surface area contributed by atoms with Crippen molar-refractivity contribution in [3.8, 4) is 0 Å². The van der Waals surface area contributed by atoms with Gasteiger partial charge in [-0.2, -0.15) is 0 Å². The second kappa shape index (κ2) is 6.72. The summed E-state index contributed by atoms with van der Waals surface area (Å²) < 4.78 is 13.2. The third kappa shape index (κ3) is 3.17. The van der Waals surface area contributed by atoms with Gasteiger partial charge in [0.1, 0.15) is 5.82 Å². The van der Waals surface area contributed by atoms with Gasteiger partial charge in [-0.25, -0.2) is 9.18 Å². The van der Waals surface area contributed by atoms with Gasteiger partial charge in [-0.1, -0.05) is 12.1 Å². The molecule has 0 bridgehead atoms. The van der Waals surface area contributed by atoms with Crippen molar-refractivity contribution in [3.63, 3.8) is 0 Å². The number of carbonyl (C=O) groups excluding carboxylic acids is 1. The van der Waals surface area contributed by atoms with Crippen molar-refractivity contribution in [2.45, 2.75) is 12.5 Å². The normalized spacial score (nSPS) is 19.6. The lowest BCUT2D eigenvalue weighted by molar-refractivity contribution is 0.243. The van der Waals surface area contributed by atoms with Gasteiger partial charge in [-0.3, -0.25) is 4.90 Å². The quantitative estimate of drug-likeness (QED) is 0.884. The number of rotatable bonds is 2. The number of amides is 2. The van der Waals surface area contributed by atoms with Gasteiger partial charge in [0, 0.05) is 31.4 Å². The number of para-hydroxylation sites is 2. The molecule has 0 saturated carbocycles. The lowest BCUT2D eigenvalue weighted by Crippen LogP contribution is -2.50. The maximum Gasteiger partial charge on any atom is 0.322 e. The Balaban J connectivity index is 1.60. The average molecular weight is 340 g/mol. The van der Waals surface area contributed by atoms with Crippen LogP contribution in [0.5, 0.6) is 0 Å². The van der Waals surface area contributed by atoms with E-state index in [4.69, 9.17) is 0 Å². The van der Waals surface area contributed by atoms with Crippen LogP contribution in [0.2, 0.25) is 0 Å². The summed E-state index contributed by atoms with van der Waals surface area (Å²) in [4.78, 5) is 16.6. The molecule has 130 valence electrons. The van der Waals surface area contributed by atoms with Gasteiger partial charge in [-0.15, -0.1) is 0 Å². The number of nitrogens with zero attached hydrogens (tertiary/aromatic N) is 2. The first-order chi connectivity index (χ1) is 12.2. The van der Waals surface area contributed by atoms with Crippen molar-refractivity contribution in [3.05, 3.63) is 54.3 Å². The van der Waals surface area contributed by atoms with Gasteiger partial charge in [0.15, 0.2) is 0 Å². The number of carbonyl (C=O) groups is 1. The van der Waals surface area contributed by atoms with Crippen molar-refractivity contribution < 1.29 is 9.18 Å². The van der Waals surface area contributed by atoms with Gasteiger partial charge < -0.3 is 15.5 Å². The molecule has 2 aliphatic rings. The molecule has 1 saturated heterocycles. The van der Waals surface area contributed by atoms with Crippen LogP contribution in [0.25, 0.3) is 0 Å². The fraction of sp³-hybridized carbons (Fsp3) is 0.316. The number of fused-ring (bicyclic) bond motifs is 1. The highest BCUT2D eigenvalue weighted by Gasteiger charge is 2.29. The Labute approximate surface area is 146 Å². The molecule has 2 aliphatic heterocycles. The molecule has 2 aromatic rings. The SMILES string of the molecule is O=C(N[C@H]1CCNC1)N1CCN(c2ccc(F)cc2)c2ccccc21. The summed E-state index contributed by atoms with van der Waals surface area (Å²) in [5.41, 5.74) is 2.76. The van der Waals surface area contributed by atoms with Crippen LogP contribution in [0.4, 0.5) is 26.2 Å². The van der Waals surface area contributed by atoms with Crippen LogP contribution in [-0.2, 0) is 0 Å². The summed E-state index contributed by atoms with van der Waals surface area (Å²) in [6, 6.07) is 14.4. The van der Waals surface area contributed by atoms with Crippen molar-refractivity contribution in [1.82, 2.24) is 10.6 Å². The molecule has 25 heavy (non-hydrogen) atoms. The highest BCUT2D eigenvalue weighted by Crippen LogP contribution is 2.37. The minimum atomic E-state index is -0.250. The smallest absolute Gasteiger partial charge is 0.322 e. The van der Waals surface area contributed by atoms with Crippen molar-refractivity contribution >= 4 is 23.1 Å². The van der Waals surface area contributed by atoms with Crippen LogP contribution in [0, 0.1) is 5.82 Å². The van der Waals surface area contributed by atoms with Crippen LogP contribution >= 0.6 is 0 Å². The van der Waals surface area contributed by atoms with Gasteiger partial charge in [0.2, 0.25) is 0 Å². The van der Waals surface area contributed by atoms with E-state index in [9.17, 15) is 9.18 Å². The van der Waals surface area contributed by atoms with Crippen LogP contribution in [0.15, 0.2) is 48.5 Å². The van der Waals surface area contributed by atoms with E-state index in [-0.39, 0.29) is 17.9 Å². The lowest BCUT2D eigenvalue weighted by Gasteiger charge is -2.38. The standard InChI is InChI=1S/C19H21FN4O/c20-14-5-7-16(8-6-14)23-11-12-24(18-4-2-1-3-17(18)23)19(25)22-15-9-10-21-13-15/h1-8,15,21H,9-13H2,(H,22,25)/t15-/m0/s1. The zero-order chi connectivity index (χ0) is 17.2. The molecular weight excluding hydrogens is 319 g/mol. The Morgan fingerprint density at radius 1 is 1.08 bits per heavy atom. The van der Waals surface area contributed by atoms with Crippen molar-refractivity contribution in [1.29, 1.82) is 0 Å². The maximum atomic E-state index is 13.2. The van der Waals surface area contributed by atoms with E-state index in [0.717, 1.165) is 36.6 Å². The van der Waals surface area contributed by atoms with E-state index in [2.05, 4.69) is 15.5 Å². The molecule has 2 amide bonds. The van der Waals surface area contributed by atoms with Gasteiger partial charge >= 0.3 is 6.03 Å². The number of urea groups is 1. The highest BCUT2D eigenvalue weighted by molar-refractivity contribution is 5.98. The molecule has 0 unspecified atom stereocenters. The lowest BCUT2D eigenvalue weighted by atomic mass is 10.1. The number of hydrogen-bond acceptors (Lipinski definition) is 3. The number of hydrogen-bond donors (Lipinski definition) is 2. The molecule has 2 aromatic carbocycles. The predicted molar refractivity (Wildman–Crippen MR) is 97.0 cm³/mol. The minimum absolute atomic E-state index is 0.0556. The summed E-state index contributed by atoms with van der Waals surface area (Å²) >= 11 is 0. The van der Waals surface area contributed by atoms with Gasteiger partial charge in [0.05, 0.1) is 11.4 Å². The zero-order valence-electron chi connectivity index (χ0n) is 13.9. The number of halogens is 1. The van der Waals surface area contributed by atoms with Crippen LogP contribution < -0.4 is 20.4 Å². The van der Waals surface area contributed by atoms with E-state index in [1.165, 1.54) is 12.1 Å². The molecule has 0 radical (unpaired) electrons. The largest absolute Gasteiger partial charge is 0.338 e. The molecule has 0 aliphatic carbocycles. The molecule has 5 nitrogen and oxygen atoms in total. The fourth-order valence-corrected chi connectivity index (χ4v) is 3.49. The molecule has 1 fully saturated rings. The molecule has 0 spiro atoms. The summed E-state index contributed by atoms with van der Waals surface area (Å²) in [5.74, 6) is -0.250. The molecule has 1 atom stereocenters. The zero-order valence-corrected chi connectivity index (χ0v) is 13.9. The van der Waals surface area contributed by atoms with E-state index >= 15 is 0 Å². The Morgan fingerprint density at radius 3 is 2.56 bits per heavy atom. The molecule has 2 heterocycles. The second-order valence-corrected chi connectivity index (χ2v) is 6.41. The average Bonchev–Trinajstić information content (AvgIpc) is 3.14. The fourth-order valence-electron chi connectivity index (χ4n) is 3.49. The summed E-state index contributed by atoms with van der Waals surface area (Å²) in [6.45, 7) is 3.02. The number of benzene rings is 2. The maximum absolute atomic E-state index is 13.2. The van der Waals surface area contributed by atoms with Crippen molar-refractivity contribution in [2.24, 2.45) is 0 Å². The van der Waals surface area contributed by atoms with E-state index < -0.39 is 0 Å². The first-order valence-corrected chi connectivity index (χ1v) is 8.63. The van der Waals surface area contributed by atoms with E-state index in [1.54, 1.807) is 17.0 Å². The molecular formula is C19H21FN4O. The second-order valence-electron chi connectivity index (χ2n) is 6.41. The molecule has 6 heteroatoms. The van der Waals surface area contributed by atoms with E-state index in [0.29, 0.717) is 13.1 Å². The summed E-state index contributed by atoms with van der Waals surface area (Å²) in [6.07, 6.45) is 0.961. The monoisotopic (exact) mass is 340 g/mol. The first-order valence-electron chi connectivity index (χ1n) is 8.63. The van der Waals surface area contributed by atoms with Gasteiger partial charge in [-0.05, 0) is 49.4 Å². The number of anilines is 3. The van der Waals surface area contributed by atoms with Gasteiger partial charge in [0.25, 0.3) is 0 Å². The summed E-state index contributed by atoms with van der Waals surface area (Å²) in [5, 5.41) is 6.37. The molecule has 2 N–H and O–H groups in total. The van der Waals surface area contributed by atoms with Crippen LogP contribution in [0.3, 0.4) is 0 Å². The highest BCUT2D eigenvalue weighted by atomic mass is 19.1. The number of nitrogens with one attached hydrogen (secondary N) is 2. The van der Waals surface area contributed by atoms with Crippen LogP contribution in [0.1, 0.15) is 6.42 Å². The first kappa shape index (κ1) is 15.9. The van der Waals surface area contributed by atoms with E-state index in [1.807, 2.05) is 24.3 Å². The van der Waals surface area contributed by atoms with Crippen LogP contribution in [-0.4, -0.2) is 38.3 Å². The molecule has 0 aromatic heterocycles. The van der Waals surface area contributed by atoms with Crippen molar-refractivity contribution in [2.75, 3.05) is 36.0 Å². The Morgan fingerprint density at radius 2 is 1.84 bits per heavy atom. The Hall–Kier alpha value is -2.60. The Kier molecular flexibility index (Phi) is 4.28. The third-order valence-corrected chi connectivity index (χ3v) is 4.78. The topological polar surface area (TPSA) is 47.6 Å². The molecule has 4 rings (SSSR count). The summed E-state index contributed by atoms with van der Waals surface area (Å²) in [7, 11) is 0.